The normalized spacial score (nSPS) is 9.40. The lowest BCUT2D eigenvalue weighted by Crippen LogP contribution is -1.99. The standard InChI is InChI=1S/C3H8O2.C2H4O.CH4O/c1-3(4)5-2;1-2-3;1-2/h3-4H,1-2H3;2H,1H3;2H,1H3/p+1. The third kappa shape index (κ3) is 135. The summed E-state index contributed by atoms with van der Waals surface area (Å²) >= 11 is 0. The zero-order valence-corrected chi connectivity index (χ0v) is 6.87. The first-order valence-electron chi connectivity index (χ1n) is 2.74. The summed E-state index contributed by atoms with van der Waals surface area (Å²) in [6.45, 7) is 3.00. The number of hydrogen-bond acceptors (Lipinski definition) is 4. The minimum absolute atomic E-state index is 0. The molecule has 1 atom stereocenters. The van der Waals surface area contributed by atoms with Gasteiger partial charge in [-0.3, -0.25) is 0 Å². The second kappa shape index (κ2) is 23.5. The summed E-state index contributed by atoms with van der Waals surface area (Å²) in [4.78, 5) is 8.81. The molecule has 0 bridgehead atoms. The van der Waals surface area contributed by atoms with Crippen LogP contribution >= 0.6 is 0 Å². The maximum atomic E-state index is 8.81. The Bertz CT molecular complexity index is 49.8. The van der Waals surface area contributed by atoms with E-state index >= 15 is 0 Å². The molecule has 2 N–H and O–H groups in total. The first-order chi connectivity index (χ1) is 4.68. The molecule has 0 aromatic carbocycles. The number of aliphatic hydroxyl groups is 2. The van der Waals surface area contributed by atoms with E-state index in [0.717, 1.165) is 13.4 Å². The van der Waals surface area contributed by atoms with Gasteiger partial charge in [0.25, 0.3) is 0 Å². The van der Waals surface area contributed by atoms with Gasteiger partial charge in [0.15, 0.2) is 6.29 Å². The van der Waals surface area contributed by atoms with Crippen LogP contribution in [-0.2, 0) is 9.53 Å². The Morgan fingerprint density at radius 1 is 1.60 bits per heavy atom. The van der Waals surface area contributed by atoms with Crippen molar-refractivity contribution in [1.29, 1.82) is 0 Å². The molecule has 1 unspecified atom stereocenters. The van der Waals surface area contributed by atoms with Gasteiger partial charge in [-0.15, -0.1) is 0 Å². The molecular formula is C6H17O4+. The first kappa shape index (κ1) is 16.3. The highest BCUT2D eigenvalue weighted by molar-refractivity contribution is 5.44. The summed E-state index contributed by atoms with van der Waals surface area (Å²) in [7, 11) is 2.45. The van der Waals surface area contributed by atoms with E-state index in [1.807, 2.05) is 0 Å². The van der Waals surface area contributed by atoms with Crippen LogP contribution in [0.1, 0.15) is 15.3 Å². The Kier molecular flexibility index (Phi) is 38.3. The lowest BCUT2D eigenvalue weighted by Gasteiger charge is -1.94. The van der Waals surface area contributed by atoms with Crippen molar-refractivity contribution in [1.82, 2.24) is 0 Å². The Labute approximate surface area is 62.9 Å². The molecule has 0 saturated carbocycles. The fourth-order valence-electron chi connectivity index (χ4n) is 0. The Balaban J connectivity index is -0.0000000360. The van der Waals surface area contributed by atoms with Gasteiger partial charge in [0.2, 0.25) is 0 Å². The number of aliphatic hydroxyl groups excluding tert-OH is 2. The predicted octanol–water partition coefficient (Wildman–Crippen LogP) is -0.103. The smallest absolute Gasteiger partial charge is 0.400 e. The van der Waals surface area contributed by atoms with Crippen LogP contribution in [-0.4, -0.2) is 37.0 Å². The fourth-order valence-corrected chi connectivity index (χ4v) is 0. The van der Waals surface area contributed by atoms with Crippen LogP contribution < -0.4 is 0 Å². The fraction of sp³-hybridized carbons (Fsp3) is 0.833. The van der Waals surface area contributed by atoms with Crippen molar-refractivity contribution in [3.05, 3.63) is 0 Å². The Hall–Kier alpha value is -0.450. The van der Waals surface area contributed by atoms with E-state index in [1.165, 1.54) is 14.0 Å². The quantitative estimate of drug-likeness (QED) is 0.407. The molecule has 0 aliphatic heterocycles. The lowest BCUT2D eigenvalue weighted by molar-refractivity contribution is -0.106. The van der Waals surface area contributed by atoms with E-state index in [9.17, 15) is 0 Å². The van der Waals surface area contributed by atoms with Crippen LogP contribution in [0.2, 0.25) is 0 Å². The topological polar surface area (TPSA) is 66.8 Å². The van der Waals surface area contributed by atoms with E-state index in [0.29, 0.717) is 0 Å². The van der Waals surface area contributed by atoms with Gasteiger partial charge >= 0.3 is 1.43 Å². The van der Waals surface area contributed by atoms with E-state index in [1.54, 1.807) is 6.92 Å². The van der Waals surface area contributed by atoms with E-state index in [4.69, 9.17) is 15.0 Å². The minimum Gasteiger partial charge on any atom is -0.400 e. The van der Waals surface area contributed by atoms with Gasteiger partial charge in [0.05, 0.1) is 0 Å². The highest BCUT2D eigenvalue weighted by Crippen LogP contribution is 1.72. The number of carbonyl (C=O) groups is 1. The van der Waals surface area contributed by atoms with E-state index in [2.05, 4.69) is 4.74 Å². The van der Waals surface area contributed by atoms with Crippen LogP contribution in [0.5, 0.6) is 0 Å². The summed E-state index contributed by atoms with van der Waals surface area (Å²) in [6, 6.07) is 0. The van der Waals surface area contributed by atoms with Gasteiger partial charge in [-0.1, -0.05) is 0 Å². The first-order valence-corrected chi connectivity index (χ1v) is 2.74. The number of rotatable bonds is 1. The van der Waals surface area contributed by atoms with Gasteiger partial charge in [-0.25, -0.2) is 0 Å². The van der Waals surface area contributed by atoms with E-state index < -0.39 is 6.29 Å². The van der Waals surface area contributed by atoms with Crippen molar-refractivity contribution >= 4 is 6.29 Å². The molecule has 0 aliphatic rings. The number of methoxy groups -OCH3 is 1. The van der Waals surface area contributed by atoms with Crippen LogP contribution in [0.15, 0.2) is 0 Å². The Morgan fingerprint density at radius 2 is 1.70 bits per heavy atom. The van der Waals surface area contributed by atoms with Crippen molar-refractivity contribution in [2.24, 2.45) is 0 Å². The van der Waals surface area contributed by atoms with Crippen molar-refractivity contribution < 1.29 is 21.2 Å². The molecule has 0 radical (unpaired) electrons. The molecule has 0 aromatic rings. The van der Waals surface area contributed by atoms with Crippen LogP contribution in [0.4, 0.5) is 0 Å². The maximum absolute atomic E-state index is 8.81. The SMILES string of the molecule is CC=O.CO.COC(C)O.[H+]. The predicted molar refractivity (Wildman–Crippen MR) is 39.7 cm³/mol. The molecule has 4 nitrogen and oxygen atoms in total. The number of hydrogen-bond donors (Lipinski definition) is 2. The summed E-state index contributed by atoms with van der Waals surface area (Å²) in [6.07, 6.45) is 0.134. The minimum atomic E-state index is -0.616. The largest absolute Gasteiger partial charge is 1.00 e. The average molecular weight is 153 g/mol. The molecule has 10 heavy (non-hydrogen) atoms. The van der Waals surface area contributed by atoms with Crippen LogP contribution in [0.25, 0.3) is 0 Å². The highest BCUT2D eigenvalue weighted by atomic mass is 16.6. The van der Waals surface area contributed by atoms with Crippen molar-refractivity contribution in [3.8, 4) is 0 Å². The van der Waals surface area contributed by atoms with Gasteiger partial charge in [0, 0.05) is 14.2 Å². The molecule has 0 fully saturated rings. The van der Waals surface area contributed by atoms with E-state index in [-0.39, 0.29) is 1.43 Å². The number of carbonyl (C=O) groups excluding carboxylic acids is 1. The summed E-state index contributed by atoms with van der Waals surface area (Å²) < 4.78 is 4.31. The van der Waals surface area contributed by atoms with Gasteiger partial charge in [-0.2, -0.15) is 0 Å². The second-order valence-corrected chi connectivity index (χ2v) is 1.07. The molecule has 0 heterocycles. The summed E-state index contributed by atoms with van der Waals surface area (Å²) in [5, 5.41) is 15.1. The lowest BCUT2D eigenvalue weighted by atomic mass is 10.8. The monoisotopic (exact) mass is 153 g/mol. The van der Waals surface area contributed by atoms with Gasteiger partial charge in [-0.05, 0) is 13.8 Å². The third-order valence-electron chi connectivity index (χ3n) is 0.341. The van der Waals surface area contributed by atoms with Gasteiger partial charge in [0.1, 0.15) is 6.29 Å². The highest BCUT2D eigenvalue weighted by Gasteiger charge is 1.80. The third-order valence-corrected chi connectivity index (χ3v) is 0.341. The van der Waals surface area contributed by atoms with Gasteiger partial charge < -0.3 is 19.7 Å². The summed E-state index contributed by atoms with van der Waals surface area (Å²) in [5.41, 5.74) is 0. The Morgan fingerprint density at radius 3 is 1.70 bits per heavy atom. The molecule has 0 saturated heterocycles. The van der Waals surface area contributed by atoms with Crippen molar-refractivity contribution in [2.75, 3.05) is 14.2 Å². The second-order valence-electron chi connectivity index (χ2n) is 1.07. The summed E-state index contributed by atoms with van der Waals surface area (Å²) in [5.74, 6) is 0. The number of aldehydes is 1. The zero-order chi connectivity index (χ0) is 8.99. The molecular weight excluding hydrogens is 136 g/mol. The maximum Gasteiger partial charge on any atom is 1.00 e. The molecule has 0 amide bonds. The number of ether oxygens (including phenoxy) is 1. The molecule has 64 valence electrons. The molecule has 0 aliphatic carbocycles. The average Bonchev–Trinajstić information content (AvgIpc) is 1.94. The zero-order valence-electron chi connectivity index (χ0n) is 7.87. The molecule has 0 aromatic heterocycles. The van der Waals surface area contributed by atoms with Crippen LogP contribution in [0.3, 0.4) is 0 Å². The van der Waals surface area contributed by atoms with Crippen molar-refractivity contribution in [3.63, 3.8) is 0 Å². The van der Waals surface area contributed by atoms with Crippen LogP contribution in [0, 0.1) is 0 Å². The molecule has 4 heteroatoms. The molecule has 0 spiro atoms. The molecule has 0 rings (SSSR count). The van der Waals surface area contributed by atoms with Crippen molar-refractivity contribution in [2.45, 2.75) is 20.1 Å².